The van der Waals surface area contributed by atoms with Crippen molar-refractivity contribution in [3.05, 3.63) is 29.8 Å². The van der Waals surface area contributed by atoms with Gasteiger partial charge in [0.2, 0.25) is 0 Å². The van der Waals surface area contributed by atoms with Crippen molar-refractivity contribution < 1.29 is 19.0 Å². The highest BCUT2D eigenvalue weighted by molar-refractivity contribution is 5.88. The molecular formula is C36H62O4. The number of carbonyl (C=O) groups excluding carboxylic acids is 1. The molecule has 0 aromatic heterocycles. The molecule has 0 fully saturated rings. The molecule has 0 aliphatic carbocycles. The summed E-state index contributed by atoms with van der Waals surface area (Å²) in [4.78, 5) is 12.2. The van der Waals surface area contributed by atoms with E-state index >= 15 is 0 Å². The van der Waals surface area contributed by atoms with Crippen LogP contribution in [-0.4, -0.2) is 25.3 Å². The minimum absolute atomic E-state index is 0.146. The van der Waals surface area contributed by atoms with Crippen molar-refractivity contribution >= 4 is 12.0 Å². The van der Waals surface area contributed by atoms with Crippen molar-refractivity contribution in [3.8, 4) is 11.5 Å². The number of carbonyl (C=O) groups is 1. The molecule has 1 rings (SSSR count). The van der Waals surface area contributed by atoms with E-state index in [1.807, 2.05) is 32.0 Å². The third-order valence-corrected chi connectivity index (χ3v) is 7.27. The molecule has 0 bridgehead atoms. The molecule has 0 saturated heterocycles. The van der Waals surface area contributed by atoms with E-state index in [9.17, 15) is 4.79 Å². The Morgan fingerprint density at radius 1 is 0.625 bits per heavy atom. The van der Waals surface area contributed by atoms with Gasteiger partial charge in [-0.1, -0.05) is 135 Å². The van der Waals surface area contributed by atoms with Crippen LogP contribution in [0.5, 0.6) is 11.5 Å². The fourth-order valence-electron chi connectivity index (χ4n) is 4.91. The second-order valence-electron chi connectivity index (χ2n) is 11.5. The Morgan fingerprint density at radius 3 is 1.38 bits per heavy atom. The molecule has 0 radical (unpaired) electrons. The van der Waals surface area contributed by atoms with Gasteiger partial charge in [0.15, 0.2) is 0 Å². The molecule has 1 aromatic rings. The SMILES string of the molecule is CCCCCCCCCCCCOc1cccc(OCCCCCCCCCCCC)c1C=CC(=O)OC(C)C. The summed E-state index contributed by atoms with van der Waals surface area (Å²) in [6.45, 7) is 9.60. The average molecular weight is 559 g/mol. The molecule has 0 aliphatic heterocycles. The number of rotatable bonds is 27. The first-order chi connectivity index (χ1) is 19.6. The third-order valence-electron chi connectivity index (χ3n) is 7.27. The number of hydrogen-bond acceptors (Lipinski definition) is 4. The fourth-order valence-corrected chi connectivity index (χ4v) is 4.91. The Balaban J connectivity index is 2.47. The van der Waals surface area contributed by atoms with Gasteiger partial charge in [0.1, 0.15) is 11.5 Å². The van der Waals surface area contributed by atoms with Crippen LogP contribution < -0.4 is 9.47 Å². The van der Waals surface area contributed by atoms with Gasteiger partial charge < -0.3 is 14.2 Å². The van der Waals surface area contributed by atoms with E-state index in [1.54, 1.807) is 6.08 Å². The first-order valence-corrected chi connectivity index (χ1v) is 16.9. The maximum Gasteiger partial charge on any atom is 0.331 e. The Labute approximate surface area is 247 Å². The molecule has 4 nitrogen and oxygen atoms in total. The van der Waals surface area contributed by atoms with Crippen molar-refractivity contribution in [2.75, 3.05) is 13.2 Å². The van der Waals surface area contributed by atoms with E-state index in [0.29, 0.717) is 13.2 Å². The van der Waals surface area contributed by atoms with Crippen LogP contribution in [0.3, 0.4) is 0 Å². The number of ether oxygens (including phenoxy) is 3. The number of hydrogen-bond donors (Lipinski definition) is 0. The van der Waals surface area contributed by atoms with Crippen LogP contribution in [0.4, 0.5) is 0 Å². The summed E-state index contributed by atoms with van der Waals surface area (Å²) < 4.78 is 17.7. The van der Waals surface area contributed by atoms with Gasteiger partial charge in [-0.05, 0) is 44.9 Å². The lowest BCUT2D eigenvalue weighted by Crippen LogP contribution is -2.08. The van der Waals surface area contributed by atoms with Crippen LogP contribution >= 0.6 is 0 Å². The van der Waals surface area contributed by atoms with Crippen LogP contribution in [-0.2, 0) is 9.53 Å². The van der Waals surface area contributed by atoms with Gasteiger partial charge in [-0.15, -0.1) is 0 Å². The monoisotopic (exact) mass is 558 g/mol. The molecule has 4 heteroatoms. The summed E-state index contributed by atoms with van der Waals surface area (Å²) in [5, 5.41) is 0. The highest BCUT2D eigenvalue weighted by atomic mass is 16.5. The quantitative estimate of drug-likeness (QED) is 0.0612. The lowest BCUT2D eigenvalue weighted by atomic mass is 10.1. The minimum Gasteiger partial charge on any atom is -0.493 e. The Bertz CT molecular complexity index is 711. The van der Waals surface area contributed by atoms with E-state index in [1.165, 1.54) is 122 Å². The Morgan fingerprint density at radius 2 is 1.00 bits per heavy atom. The number of esters is 1. The van der Waals surface area contributed by atoms with Gasteiger partial charge in [0.25, 0.3) is 0 Å². The molecule has 0 amide bonds. The van der Waals surface area contributed by atoms with Crippen LogP contribution in [0.1, 0.15) is 162 Å². The molecule has 0 saturated carbocycles. The predicted octanol–water partition coefficient (Wildman–Crippen LogP) is 11.3. The Kier molecular flexibility index (Phi) is 23.4. The molecule has 1 aromatic carbocycles. The van der Waals surface area contributed by atoms with Gasteiger partial charge in [-0.2, -0.15) is 0 Å². The van der Waals surface area contributed by atoms with Gasteiger partial charge >= 0.3 is 5.97 Å². The van der Waals surface area contributed by atoms with E-state index in [-0.39, 0.29) is 12.1 Å². The van der Waals surface area contributed by atoms with Crippen LogP contribution in [0.15, 0.2) is 24.3 Å². The molecule has 0 heterocycles. The summed E-state index contributed by atoms with van der Waals surface area (Å²) in [5.41, 5.74) is 0.822. The second kappa shape index (κ2) is 26.0. The largest absolute Gasteiger partial charge is 0.493 e. The first kappa shape index (κ1) is 36.1. The van der Waals surface area contributed by atoms with E-state index in [4.69, 9.17) is 14.2 Å². The zero-order chi connectivity index (χ0) is 29.1. The summed E-state index contributed by atoms with van der Waals surface area (Å²) >= 11 is 0. The third kappa shape index (κ3) is 20.0. The minimum atomic E-state index is -0.347. The van der Waals surface area contributed by atoms with Gasteiger partial charge in [-0.25, -0.2) is 4.79 Å². The van der Waals surface area contributed by atoms with Crippen molar-refractivity contribution in [2.24, 2.45) is 0 Å². The molecular weight excluding hydrogens is 496 g/mol. The molecule has 0 atom stereocenters. The average Bonchev–Trinajstić information content (AvgIpc) is 2.93. The second-order valence-corrected chi connectivity index (χ2v) is 11.5. The maximum absolute atomic E-state index is 12.2. The first-order valence-electron chi connectivity index (χ1n) is 16.9. The molecule has 0 spiro atoms. The van der Waals surface area contributed by atoms with Crippen molar-refractivity contribution in [2.45, 2.75) is 162 Å². The summed E-state index contributed by atoms with van der Waals surface area (Å²) in [7, 11) is 0. The maximum atomic E-state index is 12.2. The van der Waals surface area contributed by atoms with E-state index in [2.05, 4.69) is 13.8 Å². The number of unbranched alkanes of at least 4 members (excludes halogenated alkanes) is 18. The summed E-state index contributed by atoms with van der Waals surface area (Å²) in [5.74, 6) is 1.19. The van der Waals surface area contributed by atoms with Crippen molar-refractivity contribution in [1.29, 1.82) is 0 Å². The Hall–Kier alpha value is -1.97. The van der Waals surface area contributed by atoms with E-state index in [0.717, 1.165) is 29.9 Å². The van der Waals surface area contributed by atoms with Crippen LogP contribution in [0.2, 0.25) is 0 Å². The predicted molar refractivity (Wildman–Crippen MR) is 171 cm³/mol. The number of benzene rings is 1. The van der Waals surface area contributed by atoms with E-state index < -0.39 is 0 Å². The smallest absolute Gasteiger partial charge is 0.331 e. The summed E-state index contributed by atoms with van der Waals surface area (Å²) in [6.07, 6.45) is 29.1. The van der Waals surface area contributed by atoms with Crippen molar-refractivity contribution in [1.82, 2.24) is 0 Å². The standard InChI is InChI=1S/C36H62O4/c1-5-7-9-11-13-15-17-19-21-23-30-38-34-26-25-27-35(33(34)28-29-36(37)40-32(3)4)39-31-24-22-20-18-16-14-12-10-8-6-2/h25-29,32H,5-24,30-31H2,1-4H3. The molecule has 0 N–H and O–H groups in total. The molecule has 40 heavy (non-hydrogen) atoms. The van der Waals surface area contributed by atoms with Crippen LogP contribution in [0, 0.1) is 0 Å². The van der Waals surface area contributed by atoms with Gasteiger partial charge in [0.05, 0.1) is 24.9 Å². The zero-order valence-corrected chi connectivity index (χ0v) is 26.7. The summed E-state index contributed by atoms with van der Waals surface area (Å²) in [6, 6.07) is 5.92. The van der Waals surface area contributed by atoms with Gasteiger partial charge in [0, 0.05) is 6.08 Å². The molecule has 0 unspecified atom stereocenters. The lowest BCUT2D eigenvalue weighted by Gasteiger charge is -2.14. The van der Waals surface area contributed by atoms with Gasteiger partial charge in [-0.3, -0.25) is 0 Å². The van der Waals surface area contributed by atoms with Crippen molar-refractivity contribution in [3.63, 3.8) is 0 Å². The topological polar surface area (TPSA) is 44.8 Å². The molecule has 230 valence electrons. The molecule has 0 aliphatic rings. The zero-order valence-electron chi connectivity index (χ0n) is 26.7. The highest BCUT2D eigenvalue weighted by Crippen LogP contribution is 2.31. The normalized spacial score (nSPS) is 11.4. The fraction of sp³-hybridized carbons (Fsp3) is 0.750. The van der Waals surface area contributed by atoms with Crippen LogP contribution in [0.25, 0.3) is 6.08 Å². The highest BCUT2D eigenvalue weighted by Gasteiger charge is 2.10. The lowest BCUT2D eigenvalue weighted by molar-refractivity contribution is -0.141.